The van der Waals surface area contributed by atoms with Crippen molar-refractivity contribution in [2.24, 2.45) is 0 Å². The van der Waals surface area contributed by atoms with Crippen LogP contribution in [0.15, 0.2) is 174 Å². The van der Waals surface area contributed by atoms with Gasteiger partial charge in [-0.15, -0.1) is 22.7 Å². The van der Waals surface area contributed by atoms with Crippen LogP contribution in [-0.4, -0.2) is 33.1 Å². The number of nitrogens with zero attached hydrogens (tertiary/aromatic N) is 4. The lowest BCUT2D eigenvalue weighted by Crippen LogP contribution is -2.15. The molecule has 4 aromatic carbocycles. The number of pyridine rings is 2. The summed E-state index contributed by atoms with van der Waals surface area (Å²) in [5, 5.41) is 13.7. The van der Waals surface area contributed by atoms with Crippen molar-refractivity contribution in [1.29, 1.82) is 0 Å². The molecule has 14 rings (SSSR count). The number of anilines is 6. The first-order chi connectivity index (χ1) is 33.3. The Morgan fingerprint density at radius 2 is 0.941 bits per heavy atom. The maximum Gasteiger partial charge on any atom is 0.197 e. The minimum absolute atomic E-state index is 0.185. The first-order valence-electron chi connectivity index (χ1n) is 21.3. The molecule has 0 spiro atoms. The Kier molecular flexibility index (Phi) is 8.98. The molecule has 68 heavy (non-hydrogen) atoms. The number of rotatable bonds is 5. The van der Waals surface area contributed by atoms with Crippen LogP contribution >= 0.6 is 68.9 Å². The van der Waals surface area contributed by atoms with Gasteiger partial charge in [-0.3, -0.25) is 29.0 Å². The van der Waals surface area contributed by atoms with E-state index in [-0.39, 0.29) is 34.3 Å². The fourth-order valence-corrected chi connectivity index (χ4v) is 14.9. The Morgan fingerprint density at radius 3 is 1.53 bits per heavy atom. The molecule has 0 saturated heterocycles. The molecule has 0 bridgehead atoms. The van der Waals surface area contributed by atoms with Gasteiger partial charge in [-0.05, 0) is 152 Å². The monoisotopic (exact) mass is 986 g/mol. The third-order valence-electron chi connectivity index (χ3n) is 12.5. The van der Waals surface area contributed by atoms with Gasteiger partial charge >= 0.3 is 0 Å². The Hall–Kier alpha value is -7.04. The number of aromatic nitrogens is 2. The highest BCUT2D eigenvalue weighted by molar-refractivity contribution is 8.00. The van der Waals surface area contributed by atoms with Crippen molar-refractivity contribution in [3.05, 3.63) is 186 Å². The number of thiophene rings is 4. The molecular weight excluding hydrogens is 961 g/mol. The molecule has 0 atom stereocenters. The van der Waals surface area contributed by atoms with Crippen LogP contribution in [0.1, 0.15) is 51.2 Å². The molecule has 14 heteroatoms. The van der Waals surface area contributed by atoms with Gasteiger partial charge < -0.3 is 0 Å². The van der Waals surface area contributed by atoms with Gasteiger partial charge in [0.05, 0.1) is 32.3 Å². The number of benzene rings is 4. The first-order valence-corrected chi connectivity index (χ1v) is 26.4. The summed E-state index contributed by atoms with van der Waals surface area (Å²) in [6.07, 6.45) is 7.17. The maximum atomic E-state index is 13.6. The number of carbonyl (C=O) groups excluding carboxylic acids is 4. The largest absolute Gasteiger partial charge is 0.288 e. The van der Waals surface area contributed by atoms with E-state index < -0.39 is 0 Å². The summed E-state index contributed by atoms with van der Waals surface area (Å²) in [5.41, 5.74) is 6.18. The lowest BCUT2D eigenvalue weighted by Gasteiger charge is -2.31. The number of Topliss-reactive ketones (excluding diaryl/α,β-unsaturated/α-hetero) is 4. The minimum atomic E-state index is -0.239. The Bertz CT molecular complexity index is 3640. The second-order valence-corrected chi connectivity index (χ2v) is 22.3. The summed E-state index contributed by atoms with van der Waals surface area (Å²) in [6.45, 7) is 0. The van der Waals surface area contributed by atoms with Crippen molar-refractivity contribution in [3.63, 3.8) is 0 Å². The number of carbonyl (C=O) groups is 4. The summed E-state index contributed by atoms with van der Waals surface area (Å²) in [5.74, 6) is 0.653. The normalized spacial score (nSPS) is 14.6. The van der Waals surface area contributed by atoms with Gasteiger partial charge in [0.15, 0.2) is 34.8 Å². The van der Waals surface area contributed by atoms with Crippen molar-refractivity contribution < 1.29 is 19.2 Å². The maximum absolute atomic E-state index is 13.6. The smallest absolute Gasteiger partial charge is 0.197 e. The summed E-state index contributed by atoms with van der Waals surface area (Å²) in [7, 11) is 0. The van der Waals surface area contributed by atoms with Crippen molar-refractivity contribution in [2.75, 3.05) is 9.80 Å². The number of allylic oxidation sites excluding steroid dienone is 2. The Morgan fingerprint density at radius 1 is 0.441 bits per heavy atom. The zero-order valence-electron chi connectivity index (χ0n) is 34.9. The third kappa shape index (κ3) is 6.18. The van der Waals surface area contributed by atoms with Gasteiger partial charge in [0.25, 0.3) is 0 Å². The zero-order chi connectivity index (χ0) is 45.4. The van der Waals surface area contributed by atoms with Gasteiger partial charge in [0.2, 0.25) is 0 Å². The van der Waals surface area contributed by atoms with Crippen molar-refractivity contribution in [3.8, 4) is 11.1 Å². The van der Waals surface area contributed by atoms with Crippen LogP contribution in [-0.2, 0) is 0 Å². The van der Waals surface area contributed by atoms with E-state index in [0.29, 0.717) is 22.3 Å². The number of para-hydroxylation sites is 1. The van der Waals surface area contributed by atoms with Gasteiger partial charge in [0, 0.05) is 59.8 Å². The number of hydrogen-bond acceptors (Lipinski definition) is 14. The molecule has 8 nitrogen and oxygen atoms in total. The molecule has 8 heterocycles. The van der Waals surface area contributed by atoms with E-state index in [1.807, 2.05) is 94.4 Å². The van der Waals surface area contributed by atoms with E-state index in [1.54, 1.807) is 64.5 Å². The van der Waals surface area contributed by atoms with E-state index in [1.165, 1.54) is 22.7 Å². The second-order valence-electron chi connectivity index (χ2n) is 16.5. The lowest BCUT2D eigenvalue weighted by molar-refractivity contribution is 0.0975. The average Bonchev–Trinajstić information content (AvgIpc) is 4.25. The molecule has 0 fully saturated rings. The Labute approximate surface area is 411 Å². The van der Waals surface area contributed by atoms with Crippen LogP contribution in [0.3, 0.4) is 0 Å². The summed E-state index contributed by atoms with van der Waals surface area (Å²) in [4.78, 5) is 74.3. The molecular formula is C54H26N4O4S6. The molecule has 0 radical (unpaired) electrons. The average molecular weight is 987 g/mol. The third-order valence-corrected chi connectivity index (χ3v) is 18.3. The van der Waals surface area contributed by atoms with Gasteiger partial charge in [-0.25, -0.2) is 9.97 Å². The van der Waals surface area contributed by atoms with E-state index in [2.05, 4.69) is 52.3 Å². The number of fused-ring (bicyclic) bond motifs is 8. The standard InChI is InChI=1S/C54H26N4O4S6/c59-49-35-14-29-23-63-24-30(29)15-36(35)50(60)39(49)20-33-8-11-47(65-33)57-41-4-1-2-5-43(41)67-46-19-28(22-56-54(46)57)27-7-10-42-45(18-27)68-44-6-3-13-55-53(44)58(42)48-12-9-34(66-48)21-40-51(61)37-16-31-25-64-26-32(31)17-38(37)52(40)62/h1-26H. The van der Waals surface area contributed by atoms with Gasteiger partial charge in [-0.1, -0.05) is 41.7 Å². The fraction of sp³-hybridized carbons (Fsp3) is 0. The van der Waals surface area contributed by atoms with Crippen LogP contribution in [0, 0.1) is 0 Å². The Balaban J connectivity index is 0.781. The quantitative estimate of drug-likeness (QED) is 0.122. The van der Waals surface area contributed by atoms with E-state index >= 15 is 0 Å². The molecule has 322 valence electrons. The topological polar surface area (TPSA) is 101 Å². The van der Waals surface area contributed by atoms with Crippen molar-refractivity contribution in [2.45, 2.75) is 19.6 Å². The minimum Gasteiger partial charge on any atom is -0.288 e. The zero-order valence-corrected chi connectivity index (χ0v) is 39.8. The number of ketones is 4. The summed E-state index contributed by atoms with van der Waals surface area (Å²) in [6, 6.07) is 36.2. The van der Waals surface area contributed by atoms with Gasteiger partial charge in [0.1, 0.15) is 10.0 Å². The highest BCUT2D eigenvalue weighted by atomic mass is 32.2. The van der Waals surface area contributed by atoms with E-state index in [4.69, 9.17) is 9.97 Å². The highest BCUT2D eigenvalue weighted by Gasteiger charge is 2.36. The van der Waals surface area contributed by atoms with Crippen LogP contribution in [0.4, 0.5) is 33.0 Å². The van der Waals surface area contributed by atoms with Crippen LogP contribution in [0.25, 0.3) is 44.8 Å². The van der Waals surface area contributed by atoms with E-state index in [9.17, 15) is 19.2 Å². The SMILES string of the molecule is O=C1C(=Cc2ccc(N3c4ccc(-c5cnc6c(c5)Sc5ccccc5N6c5ccc(C=C6C(=O)c7cc8cscc8cc7C6=O)s5)cc4Sc4cccnc43)s2)C(=O)c2cc3cscc3cc21. The van der Waals surface area contributed by atoms with Crippen LogP contribution in [0.5, 0.6) is 0 Å². The predicted octanol–water partition coefficient (Wildman–Crippen LogP) is 15.5. The predicted molar refractivity (Wildman–Crippen MR) is 278 cm³/mol. The first kappa shape index (κ1) is 40.1. The molecule has 0 unspecified atom stereocenters. The van der Waals surface area contributed by atoms with Crippen molar-refractivity contribution >= 4 is 159 Å². The summed E-state index contributed by atoms with van der Waals surface area (Å²) >= 11 is 9.47. The fourth-order valence-electron chi connectivity index (χ4n) is 9.27. The lowest BCUT2D eigenvalue weighted by atomic mass is 10.1. The van der Waals surface area contributed by atoms with Gasteiger partial charge in [-0.2, -0.15) is 22.7 Å². The molecule has 2 aliphatic carbocycles. The molecule has 6 aromatic heterocycles. The van der Waals surface area contributed by atoms with E-state index in [0.717, 1.165) is 95.0 Å². The van der Waals surface area contributed by atoms with Crippen LogP contribution < -0.4 is 9.80 Å². The second kappa shape index (κ2) is 15.2. The molecule has 2 aliphatic heterocycles. The molecule has 0 N–H and O–H groups in total. The molecule has 10 aromatic rings. The highest BCUT2D eigenvalue weighted by Crippen LogP contribution is 2.55. The summed E-state index contributed by atoms with van der Waals surface area (Å²) < 4.78 is 0. The molecule has 0 saturated carbocycles. The number of hydrogen-bond donors (Lipinski definition) is 0. The van der Waals surface area contributed by atoms with Crippen LogP contribution in [0.2, 0.25) is 0 Å². The van der Waals surface area contributed by atoms with Crippen molar-refractivity contribution in [1.82, 2.24) is 9.97 Å². The molecule has 0 amide bonds. The molecule has 4 aliphatic rings.